The molecule has 90 valence electrons. The molecule has 0 aromatic heterocycles. The minimum atomic E-state index is -0.317. The molecule has 2 aliphatic heterocycles. The molecular weight excluding hydrogens is 216 g/mol. The number of carbonyl (C=O) groups is 1. The first-order chi connectivity index (χ1) is 8.24. The molecule has 2 aliphatic rings. The van der Waals surface area contributed by atoms with Gasteiger partial charge < -0.3 is 15.3 Å². The quantitative estimate of drug-likeness (QED) is 0.740. The third-order valence-electron chi connectivity index (χ3n) is 3.55. The lowest BCUT2D eigenvalue weighted by Gasteiger charge is -2.39. The van der Waals surface area contributed by atoms with Crippen molar-refractivity contribution in [1.82, 2.24) is 4.90 Å². The Morgan fingerprint density at radius 3 is 2.88 bits per heavy atom. The predicted molar refractivity (Wildman–Crippen MR) is 64.7 cm³/mol. The third kappa shape index (κ3) is 1.89. The Labute approximate surface area is 100 Å². The summed E-state index contributed by atoms with van der Waals surface area (Å²) >= 11 is 0. The third-order valence-corrected chi connectivity index (χ3v) is 3.55. The number of nitrogens with one attached hydrogen (secondary N) is 1. The molecule has 2 heterocycles. The minimum absolute atomic E-state index is 0.0115. The molecule has 1 unspecified atom stereocenters. The van der Waals surface area contributed by atoms with Crippen molar-refractivity contribution in [1.29, 1.82) is 0 Å². The Morgan fingerprint density at radius 2 is 2.12 bits per heavy atom. The Kier molecular flexibility index (Phi) is 2.52. The highest BCUT2D eigenvalue weighted by molar-refractivity contribution is 5.81. The summed E-state index contributed by atoms with van der Waals surface area (Å²) in [6.45, 7) is 1.69. The average molecular weight is 232 g/mol. The lowest BCUT2D eigenvalue weighted by molar-refractivity contribution is -0.145. The van der Waals surface area contributed by atoms with Gasteiger partial charge in [0.1, 0.15) is 0 Å². The van der Waals surface area contributed by atoms with E-state index in [-0.39, 0.29) is 17.9 Å². The van der Waals surface area contributed by atoms with Gasteiger partial charge in [-0.25, -0.2) is 0 Å². The maximum atomic E-state index is 12.1. The van der Waals surface area contributed by atoms with Crippen LogP contribution < -0.4 is 5.32 Å². The van der Waals surface area contributed by atoms with Crippen molar-refractivity contribution >= 4 is 11.6 Å². The van der Waals surface area contributed by atoms with Gasteiger partial charge in [-0.3, -0.25) is 4.79 Å². The van der Waals surface area contributed by atoms with Crippen LogP contribution in [0.2, 0.25) is 0 Å². The van der Waals surface area contributed by atoms with Gasteiger partial charge in [0.2, 0.25) is 5.91 Å². The van der Waals surface area contributed by atoms with Crippen molar-refractivity contribution in [3.63, 3.8) is 0 Å². The zero-order valence-corrected chi connectivity index (χ0v) is 9.60. The number of amides is 1. The van der Waals surface area contributed by atoms with E-state index in [1.165, 1.54) is 5.56 Å². The maximum absolute atomic E-state index is 12.1. The summed E-state index contributed by atoms with van der Waals surface area (Å²) in [7, 11) is 0. The van der Waals surface area contributed by atoms with E-state index in [1.54, 1.807) is 4.90 Å². The van der Waals surface area contributed by atoms with Gasteiger partial charge in [-0.05, 0) is 18.1 Å². The van der Waals surface area contributed by atoms with Crippen molar-refractivity contribution in [3.05, 3.63) is 29.8 Å². The van der Waals surface area contributed by atoms with Crippen molar-refractivity contribution in [2.75, 3.05) is 25.0 Å². The van der Waals surface area contributed by atoms with Gasteiger partial charge in [-0.15, -0.1) is 0 Å². The number of fused-ring (bicyclic) bond motifs is 1. The number of nitrogens with zero attached hydrogens (tertiary/aromatic N) is 1. The van der Waals surface area contributed by atoms with E-state index in [1.807, 2.05) is 18.2 Å². The molecule has 4 heteroatoms. The van der Waals surface area contributed by atoms with E-state index < -0.39 is 0 Å². The normalized spacial score (nSPS) is 23.6. The molecular formula is C13H16N2O2. The predicted octanol–water partition coefficient (Wildman–Crippen LogP) is 0.474. The SMILES string of the molecule is O=C(C1CNc2ccccc2C1)N1CC(O)C1. The van der Waals surface area contributed by atoms with Gasteiger partial charge in [-0.1, -0.05) is 18.2 Å². The molecule has 2 N–H and O–H groups in total. The van der Waals surface area contributed by atoms with Crippen LogP contribution in [-0.4, -0.2) is 41.7 Å². The first kappa shape index (κ1) is 10.6. The van der Waals surface area contributed by atoms with Crippen LogP contribution in [0.4, 0.5) is 5.69 Å². The van der Waals surface area contributed by atoms with Gasteiger partial charge in [0.05, 0.1) is 12.0 Å². The van der Waals surface area contributed by atoms with Gasteiger partial charge in [0.15, 0.2) is 0 Å². The largest absolute Gasteiger partial charge is 0.389 e. The zero-order chi connectivity index (χ0) is 11.8. The number of anilines is 1. The van der Waals surface area contributed by atoms with Crippen LogP contribution >= 0.6 is 0 Å². The fourth-order valence-corrected chi connectivity index (χ4v) is 2.51. The summed E-state index contributed by atoms with van der Waals surface area (Å²) in [4.78, 5) is 13.9. The topological polar surface area (TPSA) is 52.6 Å². The maximum Gasteiger partial charge on any atom is 0.227 e. The van der Waals surface area contributed by atoms with Crippen LogP contribution in [0.1, 0.15) is 5.56 Å². The molecule has 1 aromatic rings. The number of β-amino-alcohol motifs (C(OH)–C–C–N with tert-alkyl or cyclic N) is 1. The molecule has 3 rings (SSSR count). The molecule has 0 saturated carbocycles. The van der Waals surface area contributed by atoms with Crippen LogP contribution in [0.3, 0.4) is 0 Å². The number of hydrogen-bond donors (Lipinski definition) is 2. The lowest BCUT2D eigenvalue weighted by Crippen LogP contribution is -2.56. The van der Waals surface area contributed by atoms with Crippen LogP contribution in [-0.2, 0) is 11.2 Å². The number of aliphatic hydroxyl groups is 1. The number of hydrogen-bond acceptors (Lipinski definition) is 3. The second-order valence-corrected chi connectivity index (χ2v) is 4.84. The minimum Gasteiger partial charge on any atom is -0.389 e. The summed E-state index contributed by atoms with van der Waals surface area (Å²) in [6, 6.07) is 8.11. The van der Waals surface area contributed by atoms with Gasteiger partial charge >= 0.3 is 0 Å². The highest BCUT2D eigenvalue weighted by atomic mass is 16.3. The molecule has 1 amide bonds. The monoisotopic (exact) mass is 232 g/mol. The molecule has 1 aromatic carbocycles. The average Bonchev–Trinajstić information content (AvgIpc) is 2.33. The number of benzene rings is 1. The molecule has 4 nitrogen and oxygen atoms in total. The van der Waals surface area contributed by atoms with Gasteiger partial charge in [0, 0.05) is 25.3 Å². The summed E-state index contributed by atoms with van der Waals surface area (Å²) in [5.41, 5.74) is 2.35. The molecule has 0 bridgehead atoms. The fraction of sp³-hybridized carbons (Fsp3) is 0.462. The van der Waals surface area contributed by atoms with Crippen LogP contribution in [0, 0.1) is 5.92 Å². The smallest absolute Gasteiger partial charge is 0.227 e. The summed E-state index contributed by atoms with van der Waals surface area (Å²) in [5.74, 6) is 0.176. The summed E-state index contributed by atoms with van der Waals surface area (Å²) in [5, 5.41) is 12.5. The molecule has 0 radical (unpaired) electrons. The van der Waals surface area contributed by atoms with Crippen LogP contribution in [0.5, 0.6) is 0 Å². The van der Waals surface area contributed by atoms with Crippen molar-refractivity contribution in [3.8, 4) is 0 Å². The van der Waals surface area contributed by atoms with E-state index in [9.17, 15) is 9.90 Å². The zero-order valence-electron chi connectivity index (χ0n) is 9.60. The Bertz CT molecular complexity index is 441. The summed E-state index contributed by atoms with van der Waals surface area (Å²) < 4.78 is 0. The standard InChI is InChI=1S/C13H16N2O2/c16-11-7-15(8-11)13(17)10-5-9-3-1-2-4-12(9)14-6-10/h1-4,10-11,14,16H,5-8H2. The number of rotatable bonds is 1. The Morgan fingerprint density at radius 1 is 1.35 bits per heavy atom. The molecule has 17 heavy (non-hydrogen) atoms. The van der Waals surface area contributed by atoms with Crippen LogP contribution in [0.25, 0.3) is 0 Å². The Balaban J connectivity index is 1.69. The molecule has 0 spiro atoms. The van der Waals surface area contributed by atoms with E-state index in [2.05, 4.69) is 11.4 Å². The second-order valence-electron chi connectivity index (χ2n) is 4.84. The molecule has 0 aliphatic carbocycles. The number of para-hydroxylation sites is 1. The lowest BCUT2D eigenvalue weighted by atomic mass is 9.92. The number of likely N-dealkylation sites (tertiary alicyclic amines) is 1. The van der Waals surface area contributed by atoms with Crippen molar-refractivity contribution < 1.29 is 9.90 Å². The highest BCUT2D eigenvalue weighted by Gasteiger charge is 2.34. The summed E-state index contributed by atoms with van der Waals surface area (Å²) in [6.07, 6.45) is 0.483. The second kappa shape index (κ2) is 4.04. The van der Waals surface area contributed by atoms with Crippen molar-refractivity contribution in [2.24, 2.45) is 5.92 Å². The van der Waals surface area contributed by atoms with Crippen LogP contribution in [0.15, 0.2) is 24.3 Å². The Hall–Kier alpha value is -1.55. The fourth-order valence-electron chi connectivity index (χ4n) is 2.51. The van der Waals surface area contributed by atoms with E-state index in [4.69, 9.17) is 0 Å². The van der Waals surface area contributed by atoms with Gasteiger partial charge in [0.25, 0.3) is 0 Å². The highest BCUT2D eigenvalue weighted by Crippen LogP contribution is 2.26. The molecule has 1 fully saturated rings. The van der Waals surface area contributed by atoms with E-state index in [0.717, 1.165) is 12.1 Å². The first-order valence-corrected chi connectivity index (χ1v) is 6.02. The van der Waals surface area contributed by atoms with E-state index in [0.29, 0.717) is 19.6 Å². The van der Waals surface area contributed by atoms with E-state index >= 15 is 0 Å². The first-order valence-electron chi connectivity index (χ1n) is 6.02. The molecule has 1 saturated heterocycles. The number of carbonyl (C=O) groups excluding carboxylic acids is 1. The number of aliphatic hydroxyl groups excluding tert-OH is 1. The van der Waals surface area contributed by atoms with Gasteiger partial charge in [-0.2, -0.15) is 0 Å². The van der Waals surface area contributed by atoms with Crippen molar-refractivity contribution in [2.45, 2.75) is 12.5 Å². The molecule has 1 atom stereocenters.